The summed E-state index contributed by atoms with van der Waals surface area (Å²) in [6.45, 7) is 6.34. The zero-order chi connectivity index (χ0) is 16.9. The van der Waals surface area contributed by atoms with Crippen LogP contribution in [0.3, 0.4) is 0 Å². The number of para-hydroxylation sites is 1. The third-order valence-corrected chi connectivity index (χ3v) is 4.69. The molecule has 24 heavy (non-hydrogen) atoms. The highest BCUT2D eigenvalue weighted by Gasteiger charge is 2.26. The van der Waals surface area contributed by atoms with Gasteiger partial charge in [0, 0.05) is 22.3 Å². The molecule has 1 aliphatic heterocycles. The topological polar surface area (TPSA) is 44.3 Å². The van der Waals surface area contributed by atoms with Crippen LogP contribution >= 0.6 is 0 Å². The lowest BCUT2D eigenvalue weighted by Gasteiger charge is -2.31. The van der Waals surface area contributed by atoms with Crippen LogP contribution in [0.1, 0.15) is 38.1 Å². The van der Waals surface area contributed by atoms with Gasteiger partial charge in [0.25, 0.3) is 0 Å². The van der Waals surface area contributed by atoms with Crippen LogP contribution in [-0.4, -0.2) is 5.11 Å². The van der Waals surface area contributed by atoms with Gasteiger partial charge >= 0.3 is 0 Å². The number of phenols is 1. The van der Waals surface area contributed by atoms with Crippen LogP contribution in [0.2, 0.25) is 0 Å². The molecule has 3 aromatic rings. The fraction of sp³-hybridized carbons (Fsp3) is 0.238. The lowest BCUT2D eigenvalue weighted by Crippen LogP contribution is -2.24. The van der Waals surface area contributed by atoms with E-state index in [0.717, 1.165) is 22.5 Å². The molecule has 3 N–H and O–H groups in total. The Bertz CT molecular complexity index is 884. The molecule has 0 saturated heterocycles. The van der Waals surface area contributed by atoms with E-state index in [4.69, 9.17) is 0 Å². The molecule has 0 radical (unpaired) electrons. The average Bonchev–Trinajstić information content (AvgIpc) is 2.54. The minimum absolute atomic E-state index is 0.104. The number of anilines is 2. The molecule has 0 aliphatic carbocycles. The molecule has 0 atom stereocenters. The minimum Gasteiger partial charge on any atom is -0.507 e. The summed E-state index contributed by atoms with van der Waals surface area (Å²) >= 11 is 0. The second-order valence-electron chi connectivity index (χ2n) is 7.42. The number of rotatable bonds is 1. The van der Waals surface area contributed by atoms with E-state index in [1.165, 1.54) is 10.8 Å². The van der Waals surface area contributed by atoms with Gasteiger partial charge in [0.2, 0.25) is 0 Å². The summed E-state index contributed by atoms with van der Waals surface area (Å²) in [4.78, 5) is 0. The van der Waals surface area contributed by atoms with Crippen molar-refractivity contribution in [1.82, 2.24) is 0 Å². The summed E-state index contributed by atoms with van der Waals surface area (Å²) in [5.41, 5.74) is 3.90. The Balaban J connectivity index is 1.81. The predicted octanol–water partition coefficient (Wildman–Crippen LogP) is 5.38. The van der Waals surface area contributed by atoms with Crippen molar-refractivity contribution < 1.29 is 5.11 Å². The highest BCUT2D eigenvalue weighted by molar-refractivity contribution is 6.04. The van der Waals surface area contributed by atoms with E-state index in [-0.39, 0.29) is 11.6 Å². The van der Waals surface area contributed by atoms with Gasteiger partial charge in [-0.2, -0.15) is 0 Å². The quantitative estimate of drug-likeness (QED) is 0.564. The number of benzene rings is 3. The minimum atomic E-state index is -0.159. The van der Waals surface area contributed by atoms with Gasteiger partial charge in [0.1, 0.15) is 11.9 Å². The SMILES string of the molecule is CC(C)(C)c1cccc(C2Nc3cccc4cccc(c34)N2)c1O. The van der Waals surface area contributed by atoms with Gasteiger partial charge < -0.3 is 15.7 Å². The Kier molecular flexibility index (Phi) is 3.20. The molecule has 3 aromatic carbocycles. The number of hydrogen-bond donors (Lipinski definition) is 3. The Morgan fingerprint density at radius 3 is 2.00 bits per heavy atom. The molecule has 3 heteroatoms. The smallest absolute Gasteiger partial charge is 0.127 e. The standard InChI is InChI=1S/C21H22N2O/c1-21(2,3)15-10-6-9-14(19(15)24)20-22-16-11-4-7-13-8-5-12-17(23-20)18(13)16/h4-12,20,22-24H,1-3H3. The largest absolute Gasteiger partial charge is 0.507 e. The van der Waals surface area contributed by atoms with Crippen molar-refractivity contribution in [3.8, 4) is 5.75 Å². The van der Waals surface area contributed by atoms with Crippen molar-refractivity contribution in [3.63, 3.8) is 0 Å². The maximum Gasteiger partial charge on any atom is 0.127 e. The van der Waals surface area contributed by atoms with E-state index in [2.05, 4.69) is 67.8 Å². The van der Waals surface area contributed by atoms with Gasteiger partial charge in [-0.1, -0.05) is 63.2 Å². The van der Waals surface area contributed by atoms with E-state index in [1.54, 1.807) is 0 Å². The fourth-order valence-corrected chi connectivity index (χ4v) is 3.48. The van der Waals surface area contributed by atoms with Gasteiger partial charge in [-0.15, -0.1) is 0 Å². The zero-order valence-electron chi connectivity index (χ0n) is 14.2. The average molecular weight is 318 g/mol. The third kappa shape index (κ3) is 2.28. The fourth-order valence-electron chi connectivity index (χ4n) is 3.48. The van der Waals surface area contributed by atoms with E-state index >= 15 is 0 Å². The Labute approximate surface area is 142 Å². The molecule has 122 valence electrons. The molecular formula is C21H22N2O. The molecule has 1 heterocycles. The van der Waals surface area contributed by atoms with Gasteiger partial charge in [-0.05, 0) is 28.5 Å². The first kappa shape index (κ1) is 14.9. The molecule has 0 spiro atoms. The Morgan fingerprint density at radius 1 is 0.833 bits per heavy atom. The molecular weight excluding hydrogens is 296 g/mol. The first-order valence-corrected chi connectivity index (χ1v) is 8.32. The predicted molar refractivity (Wildman–Crippen MR) is 101 cm³/mol. The van der Waals surface area contributed by atoms with Crippen LogP contribution in [0.15, 0.2) is 54.6 Å². The summed E-state index contributed by atoms with van der Waals surface area (Å²) < 4.78 is 0. The van der Waals surface area contributed by atoms with Crippen LogP contribution in [0.5, 0.6) is 5.75 Å². The number of phenolic OH excluding ortho intramolecular Hbond substituents is 1. The van der Waals surface area contributed by atoms with E-state index in [9.17, 15) is 5.11 Å². The molecule has 0 amide bonds. The summed E-state index contributed by atoms with van der Waals surface area (Å²) in [7, 11) is 0. The lowest BCUT2D eigenvalue weighted by molar-refractivity contribution is 0.438. The van der Waals surface area contributed by atoms with Crippen LogP contribution in [-0.2, 0) is 5.41 Å². The number of nitrogens with one attached hydrogen (secondary N) is 2. The molecule has 0 unspecified atom stereocenters. The van der Waals surface area contributed by atoms with Crippen LogP contribution in [0.25, 0.3) is 10.8 Å². The Morgan fingerprint density at radius 2 is 1.42 bits per heavy atom. The summed E-state index contributed by atoms with van der Waals surface area (Å²) in [5, 5.41) is 20.3. The van der Waals surface area contributed by atoms with Gasteiger partial charge in [-0.3, -0.25) is 0 Å². The lowest BCUT2D eigenvalue weighted by atomic mass is 9.84. The van der Waals surface area contributed by atoms with E-state index < -0.39 is 0 Å². The number of aromatic hydroxyl groups is 1. The first-order chi connectivity index (χ1) is 11.4. The van der Waals surface area contributed by atoms with Crippen LogP contribution in [0, 0.1) is 0 Å². The van der Waals surface area contributed by atoms with Crippen molar-refractivity contribution in [2.24, 2.45) is 0 Å². The van der Waals surface area contributed by atoms with Gasteiger partial charge in [0.15, 0.2) is 0 Å². The van der Waals surface area contributed by atoms with Crippen LogP contribution in [0.4, 0.5) is 11.4 Å². The second kappa shape index (κ2) is 5.17. The van der Waals surface area contributed by atoms with Crippen molar-refractivity contribution in [3.05, 3.63) is 65.7 Å². The summed E-state index contributed by atoms with van der Waals surface area (Å²) in [5.74, 6) is 0.363. The van der Waals surface area contributed by atoms with Crippen molar-refractivity contribution in [2.45, 2.75) is 32.4 Å². The first-order valence-electron chi connectivity index (χ1n) is 8.32. The van der Waals surface area contributed by atoms with Gasteiger partial charge in [0.05, 0.1) is 0 Å². The summed E-state index contributed by atoms with van der Waals surface area (Å²) in [6, 6.07) is 18.5. The van der Waals surface area contributed by atoms with Crippen molar-refractivity contribution in [2.75, 3.05) is 10.6 Å². The number of hydrogen-bond acceptors (Lipinski definition) is 3. The third-order valence-electron chi connectivity index (χ3n) is 4.69. The molecule has 3 nitrogen and oxygen atoms in total. The normalized spacial score (nSPS) is 14.3. The zero-order valence-corrected chi connectivity index (χ0v) is 14.2. The molecule has 1 aliphatic rings. The highest BCUT2D eigenvalue weighted by Crippen LogP contribution is 2.42. The molecule has 4 rings (SSSR count). The van der Waals surface area contributed by atoms with E-state index in [0.29, 0.717) is 5.75 Å². The summed E-state index contributed by atoms with van der Waals surface area (Å²) in [6.07, 6.45) is -0.159. The monoisotopic (exact) mass is 318 g/mol. The Hall–Kier alpha value is -2.68. The molecule has 0 fully saturated rings. The van der Waals surface area contributed by atoms with Crippen molar-refractivity contribution >= 4 is 22.1 Å². The maximum absolute atomic E-state index is 10.8. The highest BCUT2D eigenvalue weighted by atomic mass is 16.3. The second-order valence-corrected chi connectivity index (χ2v) is 7.42. The van der Waals surface area contributed by atoms with Gasteiger partial charge in [-0.25, -0.2) is 0 Å². The molecule has 0 bridgehead atoms. The van der Waals surface area contributed by atoms with Crippen LogP contribution < -0.4 is 10.6 Å². The molecule has 0 aromatic heterocycles. The van der Waals surface area contributed by atoms with Crippen molar-refractivity contribution in [1.29, 1.82) is 0 Å². The van der Waals surface area contributed by atoms with E-state index in [1.807, 2.05) is 18.2 Å². The maximum atomic E-state index is 10.8. The molecule has 0 saturated carbocycles.